The van der Waals surface area contributed by atoms with Gasteiger partial charge in [-0.25, -0.2) is 0 Å². The average molecular weight is 324 g/mol. The minimum absolute atomic E-state index is 0.0992. The van der Waals surface area contributed by atoms with E-state index < -0.39 is 0 Å². The normalized spacial score (nSPS) is 11.0. The van der Waals surface area contributed by atoms with Gasteiger partial charge in [0.25, 0.3) is 0 Å². The van der Waals surface area contributed by atoms with Gasteiger partial charge in [0.1, 0.15) is 11.5 Å². The molecule has 0 spiro atoms. The SMILES string of the molecule is C=CCC(c1cc(C)cc(CC)c1O)c1cc(C)cc(CC)c1O. The van der Waals surface area contributed by atoms with E-state index in [1.54, 1.807) is 0 Å². The summed E-state index contributed by atoms with van der Waals surface area (Å²) in [5, 5.41) is 21.5. The molecule has 0 unspecified atom stereocenters. The van der Waals surface area contributed by atoms with Gasteiger partial charge in [-0.2, -0.15) is 0 Å². The van der Waals surface area contributed by atoms with E-state index in [1.807, 2.05) is 58.0 Å². The van der Waals surface area contributed by atoms with Crippen molar-refractivity contribution in [2.75, 3.05) is 0 Å². The van der Waals surface area contributed by atoms with Crippen LogP contribution in [-0.2, 0) is 12.8 Å². The Labute approximate surface area is 145 Å². The lowest BCUT2D eigenvalue weighted by molar-refractivity contribution is 0.447. The van der Waals surface area contributed by atoms with E-state index in [4.69, 9.17) is 0 Å². The second kappa shape index (κ2) is 7.57. The Bertz CT molecular complexity index is 685. The van der Waals surface area contributed by atoms with Crippen molar-refractivity contribution in [1.82, 2.24) is 0 Å². The van der Waals surface area contributed by atoms with Crippen molar-refractivity contribution >= 4 is 0 Å². The van der Waals surface area contributed by atoms with E-state index in [1.165, 1.54) is 0 Å². The molecular formula is C22H28O2. The highest BCUT2D eigenvalue weighted by Gasteiger charge is 2.23. The Hall–Kier alpha value is -2.22. The predicted octanol–water partition coefficient (Wildman–Crippen LogP) is 5.55. The lowest BCUT2D eigenvalue weighted by Crippen LogP contribution is -2.05. The summed E-state index contributed by atoms with van der Waals surface area (Å²) in [6.45, 7) is 12.0. The molecule has 0 heterocycles. The molecule has 2 aromatic carbocycles. The largest absolute Gasteiger partial charge is 0.507 e. The van der Waals surface area contributed by atoms with E-state index in [9.17, 15) is 10.2 Å². The van der Waals surface area contributed by atoms with Crippen molar-refractivity contribution in [1.29, 1.82) is 0 Å². The molecule has 0 fully saturated rings. The molecule has 0 atom stereocenters. The fraction of sp³-hybridized carbons (Fsp3) is 0.364. The summed E-state index contributed by atoms with van der Waals surface area (Å²) in [5.41, 5.74) is 5.88. The maximum atomic E-state index is 10.7. The molecule has 0 aliphatic rings. The highest BCUT2D eigenvalue weighted by atomic mass is 16.3. The first-order valence-corrected chi connectivity index (χ1v) is 8.68. The Kier molecular flexibility index (Phi) is 5.71. The van der Waals surface area contributed by atoms with E-state index in [-0.39, 0.29) is 5.92 Å². The zero-order chi connectivity index (χ0) is 17.9. The predicted molar refractivity (Wildman–Crippen MR) is 101 cm³/mol. The number of phenols is 2. The van der Waals surface area contributed by atoms with Crippen molar-refractivity contribution in [3.63, 3.8) is 0 Å². The number of rotatable bonds is 6. The van der Waals surface area contributed by atoms with Crippen LogP contribution >= 0.6 is 0 Å². The minimum Gasteiger partial charge on any atom is -0.507 e. The van der Waals surface area contributed by atoms with Gasteiger partial charge < -0.3 is 10.2 Å². The molecule has 0 amide bonds. The topological polar surface area (TPSA) is 40.5 Å². The van der Waals surface area contributed by atoms with Crippen LogP contribution in [0, 0.1) is 13.8 Å². The maximum absolute atomic E-state index is 10.7. The van der Waals surface area contributed by atoms with Gasteiger partial charge in [0.05, 0.1) is 0 Å². The number of allylic oxidation sites excluding steroid dienone is 1. The molecule has 2 aromatic rings. The van der Waals surface area contributed by atoms with E-state index in [2.05, 4.69) is 6.58 Å². The summed E-state index contributed by atoms with van der Waals surface area (Å²) in [5.74, 6) is 0.584. The van der Waals surface area contributed by atoms with Crippen LogP contribution in [0.5, 0.6) is 11.5 Å². The highest BCUT2D eigenvalue weighted by Crippen LogP contribution is 2.42. The standard InChI is InChI=1S/C22H28O2/c1-6-9-18(19-12-14(4)10-16(7-2)21(19)23)20-13-15(5)11-17(8-3)22(20)24/h6,10-13,18,23-24H,1,7-9H2,2-5H3. The Morgan fingerprint density at radius 3 is 1.62 bits per heavy atom. The van der Waals surface area contributed by atoms with Crippen LogP contribution in [0.3, 0.4) is 0 Å². The molecule has 2 nitrogen and oxygen atoms in total. The molecule has 128 valence electrons. The van der Waals surface area contributed by atoms with Crippen molar-refractivity contribution in [2.45, 2.75) is 52.9 Å². The smallest absolute Gasteiger partial charge is 0.122 e. The quantitative estimate of drug-likeness (QED) is 0.684. The van der Waals surface area contributed by atoms with Crippen molar-refractivity contribution in [3.8, 4) is 11.5 Å². The van der Waals surface area contributed by atoms with Crippen molar-refractivity contribution < 1.29 is 10.2 Å². The van der Waals surface area contributed by atoms with Gasteiger partial charge in [0.2, 0.25) is 0 Å². The van der Waals surface area contributed by atoms with Crippen LogP contribution < -0.4 is 0 Å². The molecule has 0 aliphatic heterocycles. The molecule has 0 radical (unpaired) electrons. The second-order valence-corrected chi connectivity index (χ2v) is 6.51. The van der Waals surface area contributed by atoms with Gasteiger partial charge >= 0.3 is 0 Å². The van der Waals surface area contributed by atoms with Gasteiger partial charge in [-0.15, -0.1) is 6.58 Å². The number of phenolic OH excluding ortho intramolecular Hbond substituents is 2. The third kappa shape index (κ3) is 3.48. The molecule has 24 heavy (non-hydrogen) atoms. The van der Waals surface area contributed by atoms with E-state index in [0.29, 0.717) is 17.9 Å². The summed E-state index contributed by atoms with van der Waals surface area (Å²) in [6.07, 6.45) is 4.08. The third-order valence-electron chi connectivity index (χ3n) is 4.64. The third-order valence-corrected chi connectivity index (χ3v) is 4.64. The average Bonchev–Trinajstić information content (AvgIpc) is 2.56. The van der Waals surface area contributed by atoms with Gasteiger partial charge in [0, 0.05) is 17.0 Å². The number of hydrogen-bond acceptors (Lipinski definition) is 2. The molecular weight excluding hydrogens is 296 g/mol. The number of benzene rings is 2. The lowest BCUT2D eigenvalue weighted by atomic mass is 9.83. The molecule has 2 rings (SSSR count). The summed E-state index contributed by atoms with van der Waals surface area (Å²) < 4.78 is 0. The maximum Gasteiger partial charge on any atom is 0.122 e. The van der Waals surface area contributed by atoms with E-state index in [0.717, 1.165) is 46.2 Å². The van der Waals surface area contributed by atoms with Crippen molar-refractivity contribution in [3.05, 3.63) is 70.3 Å². The molecule has 0 saturated heterocycles. The first kappa shape index (κ1) is 18.1. The Morgan fingerprint density at radius 2 is 1.29 bits per heavy atom. The zero-order valence-corrected chi connectivity index (χ0v) is 15.2. The Morgan fingerprint density at radius 1 is 0.875 bits per heavy atom. The number of hydrogen-bond donors (Lipinski definition) is 2. The summed E-state index contributed by atoms with van der Waals surface area (Å²) in [7, 11) is 0. The number of aryl methyl sites for hydroxylation is 4. The lowest BCUT2D eigenvalue weighted by Gasteiger charge is -2.22. The van der Waals surface area contributed by atoms with Crippen LogP contribution in [0.2, 0.25) is 0 Å². The van der Waals surface area contributed by atoms with Crippen molar-refractivity contribution in [2.24, 2.45) is 0 Å². The molecule has 2 heteroatoms. The van der Waals surface area contributed by atoms with Crippen LogP contribution in [0.1, 0.15) is 59.6 Å². The molecule has 0 bridgehead atoms. The van der Waals surface area contributed by atoms with Crippen LogP contribution in [0.25, 0.3) is 0 Å². The molecule has 2 N–H and O–H groups in total. The second-order valence-electron chi connectivity index (χ2n) is 6.51. The summed E-state index contributed by atoms with van der Waals surface area (Å²) in [6, 6.07) is 8.10. The van der Waals surface area contributed by atoms with Gasteiger partial charge in [0.15, 0.2) is 0 Å². The molecule has 0 aliphatic carbocycles. The Balaban J connectivity index is 2.70. The molecule has 0 saturated carbocycles. The van der Waals surface area contributed by atoms with Gasteiger partial charge in [-0.3, -0.25) is 0 Å². The highest BCUT2D eigenvalue weighted by molar-refractivity contribution is 5.54. The summed E-state index contributed by atoms with van der Waals surface area (Å²) in [4.78, 5) is 0. The first-order valence-electron chi connectivity index (χ1n) is 8.68. The zero-order valence-electron chi connectivity index (χ0n) is 15.2. The fourth-order valence-corrected chi connectivity index (χ4v) is 3.43. The minimum atomic E-state index is -0.0992. The summed E-state index contributed by atoms with van der Waals surface area (Å²) >= 11 is 0. The fourth-order valence-electron chi connectivity index (χ4n) is 3.43. The van der Waals surface area contributed by atoms with Crippen LogP contribution in [0.15, 0.2) is 36.9 Å². The first-order chi connectivity index (χ1) is 11.4. The van der Waals surface area contributed by atoms with Crippen LogP contribution in [-0.4, -0.2) is 10.2 Å². The van der Waals surface area contributed by atoms with Gasteiger partial charge in [-0.05, 0) is 44.2 Å². The monoisotopic (exact) mass is 324 g/mol. The van der Waals surface area contributed by atoms with Crippen LogP contribution in [0.4, 0.5) is 0 Å². The number of aromatic hydroxyl groups is 2. The molecule has 0 aromatic heterocycles. The van der Waals surface area contributed by atoms with E-state index >= 15 is 0 Å². The van der Waals surface area contributed by atoms with Gasteiger partial charge in [-0.1, -0.05) is 55.3 Å².